The van der Waals surface area contributed by atoms with Gasteiger partial charge in [0.25, 0.3) is 5.91 Å². The third-order valence-electron chi connectivity index (χ3n) is 5.15. The minimum atomic E-state index is -1.09. The highest BCUT2D eigenvalue weighted by molar-refractivity contribution is 6.31. The first kappa shape index (κ1) is 21.0. The molecule has 3 rings (SSSR count). The van der Waals surface area contributed by atoms with Crippen molar-refractivity contribution in [3.63, 3.8) is 0 Å². The molecule has 3 N–H and O–H groups in total. The van der Waals surface area contributed by atoms with E-state index in [1.165, 1.54) is 9.80 Å². The van der Waals surface area contributed by atoms with Crippen LogP contribution in [0.1, 0.15) is 37.7 Å². The average molecular weight is 421 g/mol. The van der Waals surface area contributed by atoms with Gasteiger partial charge in [0.15, 0.2) is 0 Å². The SMILES string of the molecule is CN1CC(N(C(=O)O)C(C)(C)C)[C@@H](NC(=O)c2cc3cc(Cl)ccc3[nH]2)CC1=O. The molecule has 2 aromatic rings. The molecule has 1 aliphatic rings. The Balaban J connectivity index is 1.89. The minimum absolute atomic E-state index is 0.0266. The van der Waals surface area contributed by atoms with Crippen LogP contribution in [0.4, 0.5) is 4.79 Å². The van der Waals surface area contributed by atoms with Gasteiger partial charge in [0.05, 0.1) is 12.1 Å². The highest BCUT2D eigenvalue weighted by atomic mass is 35.5. The number of likely N-dealkylation sites (N-methyl/N-ethyl adjacent to an activating group) is 1. The first-order valence-corrected chi connectivity index (χ1v) is 9.70. The van der Waals surface area contributed by atoms with Gasteiger partial charge in [-0.3, -0.25) is 14.5 Å². The van der Waals surface area contributed by atoms with Crippen molar-refractivity contribution in [3.05, 3.63) is 35.0 Å². The number of likely N-dealkylation sites (tertiary alicyclic amines) is 1. The van der Waals surface area contributed by atoms with E-state index in [1.54, 1.807) is 52.1 Å². The lowest BCUT2D eigenvalue weighted by molar-refractivity contribution is -0.135. The summed E-state index contributed by atoms with van der Waals surface area (Å²) in [5, 5.41) is 14.0. The van der Waals surface area contributed by atoms with Crippen molar-refractivity contribution in [2.45, 2.75) is 44.8 Å². The van der Waals surface area contributed by atoms with Gasteiger partial charge in [-0.1, -0.05) is 11.6 Å². The van der Waals surface area contributed by atoms with Crippen molar-refractivity contribution in [2.75, 3.05) is 13.6 Å². The first-order valence-electron chi connectivity index (χ1n) is 9.32. The quantitative estimate of drug-likeness (QED) is 0.709. The van der Waals surface area contributed by atoms with Crippen LogP contribution < -0.4 is 5.32 Å². The van der Waals surface area contributed by atoms with Crippen LogP contribution in [0.3, 0.4) is 0 Å². The number of carbonyl (C=O) groups excluding carboxylic acids is 2. The van der Waals surface area contributed by atoms with E-state index in [9.17, 15) is 19.5 Å². The lowest BCUT2D eigenvalue weighted by Gasteiger charge is -2.46. The van der Waals surface area contributed by atoms with Crippen molar-refractivity contribution in [1.29, 1.82) is 0 Å². The number of nitrogens with zero attached hydrogens (tertiary/aromatic N) is 2. The zero-order chi connectivity index (χ0) is 21.5. The highest BCUT2D eigenvalue weighted by Gasteiger charge is 2.43. The van der Waals surface area contributed by atoms with Gasteiger partial charge in [-0.05, 0) is 45.0 Å². The number of fused-ring (bicyclic) bond motifs is 1. The van der Waals surface area contributed by atoms with Crippen LogP contribution in [0.25, 0.3) is 10.9 Å². The predicted molar refractivity (Wildman–Crippen MR) is 110 cm³/mol. The van der Waals surface area contributed by atoms with E-state index < -0.39 is 29.6 Å². The lowest BCUT2D eigenvalue weighted by atomic mass is 9.93. The number of aromatic amines is 1. The van der Waals surface area contributed by atoms with Gasteiger partial charge in [-0.2, -0.15) is 0 Å². The van der Waals surface area contributed by atoms with Gasteiger partial charge in [0.2, 0.25) is 5.91 Å². The summed E-state index contributed by atoms with van der Waals surface area (Å²) in [6.07, 6.45) is -1.07. The normalized spacial score (nSPS) is 20.0. The zero-order valence-electron chi connectivity index (χ0n) is 16.8. The van der Waals surface area contributed by atoms with Gasteiger partial charge >= 0.3 is 6.09 Å². The van der Waals surface area contributed by atoms with Crippen LogP contribution in [-0.4, -0.2) is 69.0 Å². The minimum Gasteiger partial charge on any atom is -0.465 e. The molecule has 3 amide bonds. The molecule has 8 nitrogen and oxygen atoms in total. The van der Waals surface area contributed by atoms with Crippen LogP contribution in [0, 0.1) is 0 Å². The first-order chi connectivity index (χ1) is 13.5. The molecule has 9 heteroatoms. The number of carboxylic acid groups (broad SMARTS) is 1. The molecule has 1 aliphatic heterocycles. The number of amides is 3. The Labute approximate surface area is 173 Å². The second-order valence-electron chi connectivity index (χ2n) is 8.36. The Bertz CT molecular complexity index is 965. The second kappa shape index (κ2) is 7.59. The number of H-pyrrole nitrogens is 1. The van der Waals surface area contributed by atoms with E-state index >= 15 is 0 Å². The fourth-order valence-corrected chi connectivity index (χ4v) is 3.98. The number of halogens is 1. The summed E-state index contributed by atoms with van der Waals surface area (Å²) < 4.78 is 0. The molecule has 2 atom stereocenters. The smallest absolute Gasteiger partial charge is 0.408 e. The number of benzene rings is 1. The van der Waals surface area contributed by atoms with Crippen LogP contribution in [0.2, 0.25) is 5.02 Å². The van der Waals surface area contributed by atoms with E-state index in [0.29, 0.717) is 10.7 Å². The van der Waals surface area contributed by atoms with Crippen molar-refractivity contribution < 1.29 is 19.5 Å². The predicted octanol–water partition coefficient (Wildman–Crippen LogP) is 2.93. The summed E-state index contributed by atoms with van der Waals surface area (Å²) in [5.74, 6) is -0.543. The third-order valence-corrected chi connectivity index (χ3v) is 5.39. The Morgan fingerprint density at radius 2 is 2.00 bits per heavy atom. The number of carbonyl (C=O) groups is 3. The Kier molecular flexibility index (Phi) is 5.49. The van der Waals surface area contributed by atoms with Crippen LogP contribution >= 0.6 is 11.6 Å². The molecule has 1 unspecified atom stereocenters. The van der Waals surface area contributed by atoms with Crippen molar-refractivity contribution in [2.24, 2.45) is 0 Å². The molecule has 0 spiro atoms. The van der Waals surface area contributed by atoms with Gasteiger partial charge in [-0.25, -0.2) is 4.79 Å². The molecular weight excluding hydrogens is 396 g/mol. The van der Waals surface area contributed by atoms with Crippen LogP contribution in [0.5, 0.6) is 0 Å². The van der Waals surface area contributed by atoms with Crippen LogP contribution in [-0.2, 0) is 4.79 Å². The Morgan fingerprint density at radius 3 is 2.62 bits per heavy atom. The number of hydrogen-bond donors (Lipinski definition) is 3. The highest BCUT2D eigenvalue weighted by Crippen LogP contribution is 2.25. The molecule has 1 saturated heterocycles. The van der Waals surface area contributed by atoms with Crippen LogP contribution in [0.15, 0.2) is 24.3 Å². The van der Waals surface area contributed by atoms with E-state index in [0.717, 1.165) is 10.9 Å². The molecule has 0 radical (unpaired) electrons. The summed E-state index contributed by atoms with van der Waals surface area (Å²) in [6, 6.07) is 5.72. The summed E-state index contributed by atoms with van der Waals surface area (Å²) in [7, 11) is 1.64. The molecule has 0 bridgehead atoms. The molecule has 156 valence electrons. The maximum Gasteiger partial charge on any atom is 0.408 e. The number of aromatic nitrogens is 1. The fourth-order valence-electron chi connectivity index (χ4n) is 3.80. The molecular formula is C20H25ClN4O4. The lowest BCUT2D eigenvalue weighted by Crippen LogP contribution is -2.66. The molecule has 0 aliphatic carbocycles. The van der Waals surface area contributed by atoms with E-state index in [-0.39, 0.29) is 18.9 Å². The fraction of sp³-hybridized carbons (Fsp3) is 0.450. The van der Waals surface area contributed by atoms with Crippen molar-refractivity contribution >= 4 is 40.4 Å². The van der Waals surface area contributed by atoms with E-state index in [1.807, 2.05) is 0 Å². The number of hydrogen-bond acceptors (Lipinski definition) is 3. The topological polar surface area (TPSA) is 106 Å². The number of rotatable bonds is 3. The van der Waals surface area contributed by atoms with Crippen molar-refractivity contribution in [3.8, 4) is 0 Å². The molecule has 1 fully saturated rings. The monoisotopic (exact) mass is 420 g/mol. The number of nitrogens with one attached hydrogen (secondary N) is 2. The second-order valence-corrected chi connectivity index (χ2v) is 8.80. The van der Waals surface area contributed by atoms with E-state index in [2.05, 4.69) is 10.3 Å². The maximum absolute atomic E-state index is 12.9. The summed E-state index contributed by atoms with van der Waals surface area (Å²) in [5.41, 5.74) is 0.390. The molecule has 1 aromatic carbocycles. The summed E-state index contributed by atoms with van der Waals surface area (Å²) >= 11 is 6.00. The molecule has 0 saturated carbocycles. The summed E-state index contributed by atoms with van der Waals surface area (Å²) in [4.78, 5) is 43.0. The van der Waals surface area contributed by atoms with Crippen molar-refractivity contribution in [1.82, 2.24) is 20.1 Å². The molecule has 29 heavy (non-hydrogen) atoms. The van der Waals surface area contributed by atoms with Gasteiger partial charge < -0.3 is 20.3 Å². The molecule has 1 aromatic heterocycles. The van der Waals surface area contributed by atoms with Gasteiger partial charge in [0.1, 0.15) is 5.69 Å². The zero-order valence-corrected chi connectivity index (χ0v) is 17.6. The largest absolute Gasteiger partial charge is 0.465 e. The summed E-state index contributed by atoms with van der Waals surface area (Å²) in [6.45, 7) is 5.57. The molecule has 2 heterocycles. The maximum atomic E-state index is 12.9. The third kappa shape index (κ3) is 4.32. The van der Waals surface area contributed by atoms with E-state index in [4.69, 9.17) is 11.6 Å². The van der Waals surface area contributed by atoms with Gasteiger partial charge in [-0.15, -0.1) is 0 Å². The Hall–Kier alpha value is -2.74. The number of piperidine rings is 1. The van der Waals surface area contributed by atoms with Gasteiger partial charge in [0, 0.05) is 41.5 Å². The average Bonchev–Trinajstić information content (AvgIpc) is 3.00. The Morgan fingerprint density at radius 1 is 1.31 bits per heavy atom. The standard InChI is InChI=1S/C20H25ClN4O4/c1-20(2,3)25(19(28)29)16-10-24(4)17(26)9-14(16)23-18(27)15-8-11-7-12(21)5-6-13(11)22-15/h5-8,14,16,22H,9-10H2,1-4H3,(H,23,27)(H,28,29)/t14-,16?/m0/s1.